The second-order valence-electron chi connectivity index (χ2n) is 9.12. The van der Waals surface area contributed by atoms with E-state index in [0.29, 0.717) is 56.4 Å². The van der Waals surface area contributed by atoms with Gasteiger partial charge in [-0.15, -0.1) is 0 Å². The highest BCUT2D eigenvalue weighted by molar-refractivity contribution is 7.89. The van der Waals surface area contributed by atoms with Crippen LogP contribution in [-0.4, -0.2) is 43.7 Å². The summed E-state index contributed by atoms with van der Waals surface area (Å²) in [6.45, 7) is 5.16. The molecule has 2 amide bonds. The van der Waals surface area contributed by atoms with Crippen molar-refractivity contribution in [1.29, 1.82) is 0 Å². The van der Waals surface area contributed by atoms with Gasteiger partial charge in [0.05, 0.1) is 10.9 Å². The predicted molar refractivity (Wildman–Crippen MR) is 132 cm³/mol. The maximum absolute atomic E-state index is 13.9. The summed E-state index contributed by atoms with van der Waals surface area (Å²) in [7, 11) is -4.01. The maximum atomic E-state index is 13.9. The van der Waals surface area contributed by atoms with Crippen molar-refractivity contribution in [1.82, 2.24) is 9.62 Å². The van der Waals surface area contributed by atoms with Gasteiger partial charge in [0.2, 0.25) is 5.91 Å². The van der Waals surface area contributed by atoms with E-state index in [1.165, 1.54) is 0 Å². The first-order valence-electron chi connectivity index (χ1n) is 12.1. The van der Waals surface area contributed by atoms with Crippen LogP contribution in [0.4, 0.5) is 5.69 Å². The standard InChI is InChI=1S/C26H33N3O4S/c1-3-7-25(30)29(19-14-16-27-17-15-19)34(32,33)24-13-12-23(21-10-6-11-22(21)24)28-26(31)20-9-5-4-8-18(20)2/h4-5,8-9,12-13,19,27H,3,6-7,10-11,14-17H2,1-2H3,(H,28,31). The Hall–Kier alpha value is -2.71. The van der Waals surface area contributed by atoms with Crippen LogP contribution in [0.3, 0.4) is 0 Å². The number of amides is 2. The number of sulfonamides is 1. The average molecular weight is 484 g/mol. The number of piperidine rings is 1. The Balaban J connectivity index is 1.70. The Kier molecular flexibility index (Phi) is 7.38. The van der Waals surface area contributed by atoms with Gasteiger partial charge in [0.1, 0.15) is 0 Å². The van der Waals surface area contributed by atoms with Crippen molar-refractivity contribution in [2.24, 2.45) is 0 Å². The summed E-state index contributed by atoms with van der Waals surface area (Å²) in [5.74, 6) is -0.546. The lowest BCUT2D eigenvalue weighted by atomic mass is 10.1. The van der Waals surface area contributed by atoms with Crippen LogP contribution in [0, 0.1) is 6.92 Å². The summed E-state index contributed by atoms with van der Waals surface area (Å²) in [5, 5.41) is 6.23. The normalized spacial score (nSPS) is 16.2. The summed E-state index contributed by atoms with van der Waals surface area (Å²) in [6.07, 6.45) is 4.14. The average Bonchev–Trinajstić information content (AvgIpc) is 3.30. The quantitative estimate of drug-likeness (QED) is 0.625. The van der Waals surface area contributed by atoms with Gasteiger partial charge in [0.25, 0.3) is 15.9 Å². The third-order valence-electron chi connectivity index (χ3n) is 6.77. The van der Waals surface area contributed by atoms with E-state index in [1.54, 1.807) is 18.2 Å². The second kappa shape index (κ2) is 10.3. The minimum Gasteiger partial charge on any atom is -0.322 e. The minimum absolute atomic E-state index is 0.204. The first-order chi connectivity index (χ1) is 16.3. The van der Waals surface area contributed by atoms with E-state index in [1.807, 2.05) is 32.0 Å². The smallest absolute Gasteiger partial charge is 0.267 e. The van der Waals surface area contributed by atoms with Crippen LogP contribution in [0.15, 0.2) is 41.3 Å². The minimum atomic E-state index is -4.01. The van der Waals surface area contributed by atoms with Crippen molar-refractivity contribution in [2.75, 3.05) is 18.4 Å². The van der Waals surface area contributed by atoms with E-state index >= 15 is 0 Å². The Labute approximate surface area is 202 Å². The van der Waals surface area contributed by atoms with Gasteiger partial charge in [-0.3, -0.25) is 9.59 Å². The number of rotatable bonds is 7. The molecule has 2 aromatic rings. The van der Waals surface area contributed by atoms with Crippen LogP contribution in [-0.2, 0) is 27.7 Å². The largest absolute Gasteiger partial charge is 0.322 e. The predicted octanol–water partition coefficient (Wildman–Crippen LogP) is 3.81. The molecule has 0 bridgehead atoms. The molecular formula is C26H33N3O4S. The van der Waals surface area contributed by atoms with Crippen LogP contribution in [0.5, 0.6) is 0 Å². The van der Waals surface area contributed by atoms with Crippen molar-refractivity contribution in [3.63, 3.8) is 0 Å². The molecule has 0 aromatic heterocycles. The zero-order chi connectivity index (χ0) is 24.3. The fourth-order valence-corrected chi connectivity index (χ4v) is 7.01. The van der Waals surface area contributed by atoms with Crippen molar-refractivity contribution in [3.8, 4) is 0 Å². The number of hydrogen-bond acceptors (Lipinski definition) is 5. The topological polar surface area (TPSA) is 95.6 Å². The molecule has 1 aliphatic heterocycles. The Bertz CT molecular complexity index is 1190. The monoisotopic (exact) mass is 483 g/mol. The number of carbonyl (C=O) groups is 2. The van der Waals surface area contributed by atoms with Gasteiger partial charge in [-0.2, -0.15) is 0 Å². The van der Waals surface area contributed by atoms with Crippen LogP contribution >= 0.6 is 0 Å². The Morgan fingerprint density at radius 2 is 1.76 bits per heavy atom. The summed E-state index contributed by atoms with van der Waals surface area (Å²) in [5.41, 5.74) is 3.70. The molecule has 2 N–H and O–H groups in total. The number of aryl methyl sites for hydroxylation is 1. The van der Waals surface area contributed by atoms with E-state index in [9.17, 15) is 18.0 Å². The van der Waals surface area contributed by atoms with E-state index in [0.717, 1.165) is 27.4 Å². The molecule has 0 atom stereocenters. The Morgan fingerprint density at radius 3 is 2.47 bits per heavy atom. The second-order valence-corrected chi connectivity index (χ2v) is 10.9. The maximum Gasteiger partial charge on any atom is 0.267 e. The van der Waals surface area contributed by atoms with Crippen molar-refractivity contribution in [2.45, 2.75) is 69.7 Å². The highest BCUT2D eigenvalue weighted by Gasteiger charge is 2.38. The molecule has 1 saturated heterocycles. The van der Waals surface area contributed by atoms with Gasteiger partial charge in [0, 0.05) is 17.7 Å². The molecule has 1 heterocycles. The van der Waals surface area contributed by atoms with Crippen LogP contribution in [0.1, 0.15) is 66.1 Å². The molecule has 7 nitrogen and oxygen atoms in total. The molecule has 4 rings (SSSR count). The first kappa shape index (κ1) is 24.4. The van der Waals surface area contributed by atoms with E-state index in [-0.39, 0.29) is 29.2 Å². The molecule has 34 heavy (non-hydrogen) atoms. The number of fused-ring (bicyclic) bond motifs is 1. The van der Waals surface area contributed by atoms with E-state index in [2.05, 4.69) is 10.6 Å². The molecule has 0 radical (unpaired) electrons. The molecule has 0 unspecified atom stereocenters. The van der Waals surface area contributed by atoms with Crippen LogP contribution < -0.4 is 10.6 Å². The lowest BCUT2D eigenvalue weighted by Crippen LogP contribution is -2.49. The summed E-state index contributed by atoms with van der Waals surface area (Å²) in [6, 6.07) is 10.3. The molecule has 8 heteroatoms. The van der Waals surface area contributed by atoms with E-state index < -0.39 is 10.0 Å². The number of nitrogens with one attached hydrogen (secondary N) is 2. The third kappa shape index (κ3) is 4.74. The molecule has 0 spiro atoms. The van der Waals surface area contributed by atoms with Crippen molar-refractivity contribution in [3.05, 3.63) is 58.7 Å². The highest BCUT2D eigenvalue weighted by Crippen LogP contribution is 2.37. The lowest BCUT2D eigenvalue weighted by molar-refractivity contribution is -0.128. The van der Waals surface area contributed by atoms with Gasteiger partial charge in [0.15, 0.2) is 0 Å². The van der Waals surface area contributed by atoms with Gasteiger partial charge in [-0.1, -0.05) is 25.1 Å². The summed E-state index contributed by atoms with van der Waals surface area (Å²) >= 11 is 0. The first-order valence-corrected chi connectivity index (χ1v) is 13.6. The SMILES string of the molecule is CCCC(=O)N(C1CCNCC1)S(=O)(=O)c1ccc(NC(=O)c2ccccc2C)c2c1CCC2. The zero-order valence-electron chi connectivity index (χ0n) is 19.9. The molecule has 2 aliphatic rings. The van der Waals surface area contributed by atoms with Gasteiger partial charge in [-0.05, 0) is 93.4 Å². The van der Waals surface area contributed by atoms with Crippen LogP contribution in [0.2, 0.25) is 0 Å². The third-order valence-corrected chi connectivity index (χ3v) is 8.72. The summed E-state index contributed by atoms with van der Waals surface area (Å²) < 4.78 is 29.0. The molecule has 182 valence electrons. The number of anilines is 1. The fraction of sp³-hybridized carbons (Fsp3) is 0.462. The molecule has 1 fully saturated rings. The van der Waals surface area contributed by atoms with E-state index in [4.69, 9.17) is 0 Å². The van der Waals surface area contributed by atoms with Crippen molar-refractivity contribution < 1.29 is 18.0 Å². The lowest BCUT2D eigenvalue weighted by Gasteiger charge is -2.34. The molecule has 0 saturated carbocycles. The number of nitrogens with zero attached hydrogens (tertiary/aromatic N) is 1. The van der Waals surface area contributed by atoms with Gasteiger partial charge >= 0.3 is 0 Å². The van der Waals surface area contributed by atoms with Gasteiger partial charge < -0.3 is 10.6 Å². The number of hydrogen-bond donors (Lipinski definition) is 2. The van der Waals surface area contributed by atoms with Gasteiger partial charge in [-0.25, -0.2) is 12.7 Å². The van der Waals surface area contributed by atoms with Crippen molar-refractivity contribution >= 4 is 27.5 Å². The molecule has 1 aliphatic carbocycles. The molecule has 2 aromatic carbocycles. The number of carbonyl (C=O) groups excluding carboxylic acids is 2. The van der Waals surface area contributed by atoms with Crippen LogP contribution in [0.25, 0.3) is 0 Å². The summed E-state index contributed by atoms with van der Waals surface area (Å²) in [4.78, 5) is 26.1. The highest BCUT2D eigenvalue weighted by atomic mass is 32.2. The fourth-order valence-electron chi connectivity index (χ4n) is 5.05. The number of benzene rings is 2. The Morgan fingerprint density at radius 1 is 1.06 bits per heavy atom. The zero-order valence-corrected chi connectivity index (χ0v) is 20.7. The molecular weight excluding hydrogens is 450 g/mol.